The first-order valence-corrected chi connectivity index (χ1v) is 7.23. The third kappa shape index (κ3) is 3.23. The smallest absolute Gasteiger partial charge is 0.244 e. The zero-order valence-corrected chi connectivity index (χ0v) is 12.1. The zero-order valence-electron chi connectivity index (χ0n) is 10.5. The molecule has 0 aromatic carbocycles. The fourth-order valence-corrected chi connectivity index (χ4v) is 3.81. The number of nitrogens with one attached hydrogen (secondary N) is 3. The molecule has 0 unspecified atom stereocenters. The van der Waals surface area contributed by atoms with Gasteiger partial charge in [-0.2, -0.15) is 5.10 Å². The van der Waals surface area contributed by atoms with Gasteiger partial charge < -0.3 is 5.32 Å². The van der Waals surface area contributed by atoms with Crippen LogP contribution in [0.3, 0.4) is 0 Å². The molecule has 2 heterocycles. The number of aromatic nitrogens is 2. The van der Waals surface area contributed by atoms with E-state index in [9.17, 15) is 8.42 Å². The van der Waals surface area contributed by atoms with Crippen LogP contribution in [0.2, 0.25) is 0 Å². The molecule has 104 valence electrons. The van der Waals surface area contributed by atoms with E-state index in [2.05, 4.69) is 20.2 Å². The molecule has 8 heteroatoms. The fraction of sp³-hybridized carbons (Fsp3) is 0.700. The van der Waals surface area contributed by atoms with Crippen molar-refractivity contribution in [1.29, 1.82) is 0 Å². The van der Waals surface area contributed by atoms with Gasteiger partial charge in [0.25, 0.3) is 0 Å². The number of hydrogen-bond acceptors (Lipinski definition) is 4. The summed E-state index contributed by atoms with van der Waals surface area (Å²) in [7, 11) is -3.46. The molecule has 3 N–H and O–H groups in total. The SMILES string of the molecule is Cc1n[nH]c(C)c1S(=O)(=O)N[C@H]1CCCNC1.Cl. The Morgan fingerprint density at radius 3 is 2.61 bits per heavy atom. The van der Waals surface area contributed by atoms with Crippen LogP contribution in [0.4, 0.5) is 0 Å². The van der Waals surface area contributed by atoms with E-state index in [0.29, 0.717) is 17.9 Å². The Morgan fingerprint density at radius 1 is 1.39 bits per heavy atom. The lowest BCUT2D eigenvalue weighted by Crippen LogP contribution is -2.45. The Labute approximate surface area is 113 Å². The predicted molar refractivity (Wildman–Crippen MR) is 71.5 cm³/mol. The van der Waals surface area contributed by atoms with Gasteiger partial charge in [0, 0.05) is 12.6 Å². The third-order valence-electron chi connectivity index (χ3n) is 2.95. The monoisotopic (exact) mass is 294 g/mol. The summed E-state index contributed by atoms with van der Waals surface area (Å²) in [5.41, 5.74) is 1.09. The predicted octanol–water partition coefficient (Wildman–Crippen LogP) is 0.479. The number of aryl methyl sites for hydroxylation is 2. The standard InChI is InChI=1S/C10H18N4O2S.ClH/c1-7-10(8(2)13-12-7)17(15,16)14-9-4-3-5-11-6-9;/h9,11,14H,3-6H2,1-2H3,(H,12,13);1H/t9-;/m0./s1. The molecule has 1 atom stereocenters. The Morgan fingerprint density at radius 2 is 2.11 bits per heavy atom. The number of H-pyrrole nitrogens is 1. The maximum Gasteiger partial charge on any atom is 0.244 e. The molecule has 0 saturated carbocycles. The zero-order chi connectivity index (χ0) is 12.5. The molecule has 0 radical (unpaired) electrons. The van der Waals surface area contributed by atoms with Crippen molar-refractivity contribution in [2.75, 3.05) is 13.1 Å². The van der Waals surface area contributed by atoms with E-state index in [1.165, 1.54) is 0 Å². The van der Waals surface area contributed by atoms with Crippen molar-refractivity contribution in [3.05, 3.63) is 11.4 Å². The van der Waals surface area contributed by atoms with E-state index in [4.69, 9.17) is 0 Å². The van der Waals surface area contributed by atoms with Gasteiger partial charge in [-0.3, -0.25) is 5.10 Å². The van der Waals surface area contributed by atoms with Gasteiger partial charge in [0.1, 0.15) is 4.90 Å². The van der Waals surface area contributed by atoms with Crippen molar-refractivity contribution in [3.8, 4) is 0 Å². The molecule has 18 heavy (non-hydrogen) atoms. The molecule has 0 spiro atoms. The van der Waals surface area contributed by atoms with Crippen LogP contribution in [-0.2, 0) is 10.0 Å². The second-order valence-corrected chi connectivity index (χ2v) is 6.08. The number of halogens is 1. The molecule has 1 saturated heterocycles. The van der Waals surface area contributed by atoms with Crippen LogP contribution >= 0.6 is 12.4 Å². The Hall–Kier alpha value is -0.630. The normalized spacial score (nSPS) is 20.4. The van der Waals surface area contributed by atoms with Crippen molar-refractivity contribution in [1.82, 2.24) is 20.2 Å². The second-order valence-electron chi connectivity index (χ2n) is 4.43. The molecule has 1 aromatic heterocycles. The van der Waals surface area contributed by atoms with Gasteiger partial charge in [0.15, 0.2) is 0 Å². The average molecular weight is 295 g/mol. The fourth-order valence-electron chi connectivity index (χ4n) is 2.17. The van der Waals surface area contributed by atoms with Gasteiger partial charge in [-0.25, -0.2) is 13.1 Å². The molecule has 0 bridgehead atoms. The molecule has 1 aliphatic rings. The molecule has 1 aromatic rings. The van der Waals surface area contributed by atoms with Gasteiger partial charge in [-0.15, -0.1) is 12.4 Å². The highest BCUT2D eigenvalue weighted by molar-refractivity contribution is 7.89. The summed E-state index contributed by atoms with van der Waals surface area (Å²) < 4.78 is 27.1. The highest BCUT2D eigenvalue weighted by Gasteiger charge is 2.26. The molecule has 2 rings (SSSR count). The van der Waals surface area contributed by atoms with E-state index in [-0.39, 0.29) is 23.3 Å². The number of rotatable bonds is 3. The van der Waals surface area contributed by atoms with E-state index in [1.54, 1.807) is 13.8 Å². The highest BCUT2D eigenvalue weighted by atomic mass is 35.5. The second kappa shape index (κ2) is 6.01. The van der Waals surface area contributed by atoms with E-state index in [1.807, 2.05) is 0 Å². The largest absolute Gasteiger partial charge is 0.315 e. The van der Waals surface area contributed by atoms with Crippen LogP contribution in [0.15, 0.2) is 4.90 Å². The summed E-state index contributed by atoms with van der Waals surface area (Å²) >= 11 is 0. The number of hydrogen-bond donors (Lipinski definition) is 3. The van der Waals surface area contributed by atoms with Crippen LogP contribution in [0.5, 0.6) is 0 Å². The maximum atomic E-state index is 12.2. The lowest BCUT2D eigenvalue weighted by molar-refractivity contribution is 0.428. The van der Waals surface area contributed by atoms with E-state index >= 15 is 0 Å². The number of aromatic amines is 1. The topological polar surface area (TPSA) is 86.9 Å². The van der Waals surface area contributed by atoms with Gasteiger partial charge in [0.2, 0.25) is 10.0 Å². The number of piperidine rings is 1. The molecular formula is C10H19ClN4O2S. The van der Waals surface area contributed by atoms with Crippen molar-refractivity contribution >= 4 is 22.4 Å². The summed E-state index contributed by atoms with van der Waals surface area (Å²) in [4.78, 5) is 0.281. The first-order chi connectivity index (χ1) is 8.00. The molecule has 1 aliphatic heterocycles. The van der Waals surface area contributed by atoms with Crippen LogP contribution in [0, 0.1) is 13.8 Å². The summed E-state index contributed by atoms with van der Waals surface area (Å²) in [6.07, 6.45) is 1.87. The molecule has 6 nitrogen and oxygen atoms in total. The lowest BCUT2D eigenvalue weighted by Gasteiger charge is -2.23. The first-order valence-electron chi connectivity index (χ1n) is 5.75. The molecule has 0 aliphatic carbocycles. The number of sulfonamides is 1. The Balaban J connectivity index is 0.00000162. The summed E-state index contributed by atoms with van der Waals surface area (Å²) in [5, 5.41) is 9.79. The Bertz CT molecular complexity index is 474. The number of nitrogens with zero attached hydrogens (tertiary/aromatic N) is 1. The van der Waals surface area contributed by atoms with Crippen molar-refractivity contribution in [2.24, 2.45) is 0 Å². The molecule has 1 fully saturated rings. The lowest BCUT2D eigenvalue weighted by atomic mass is 10.1. The van der Waals surface area contributed by atoms with Gasteiger partial charge in [0.05, 0.1) is 11.4 Å². The van der Waals surface area contributed by atoms with Crippen LogP contribution < -0.4 is 10.0 Å². The van der Waals surface area contributed by atoms with Crippen molar-refractivity contribution < 1.29 is 8.42 Å². The minimum atomic E-state index is -3.46. The quantitative estimate of drug-likeness (QED) is 0.757. The van der Waals surface area contributed by atoms with Gasteiger partial charge in [-0.1, -0.05) is 0 Å². The van der Waals surface area contributed by atoms with Crippen LogP contribution in [-0.4, -0.2) is 37.7 Å². The molecule has 0 amide bonds. The van der Waals surface area contributed by atoms with E-state index < -0.39 is 10.0 Å². The summed E-state index contributed by atoms with van der Waals surface area (Å²) in [5.74, 6) is 0. The molecular weight excluding hydrogens is 276 g/mol. The minimum Gasteiger partial charge on any atom is -0.315 e. The van der Waals surface area contributed by atoms with E-state index in [0.717, 1.165) is 19.4 Å². The summed E-state index contributed by atoms with van der Waals surface area (Å²) in [6, 6.07) is -0.0255. The summed E-state index contributed by atoms with van der Waals surface area (Å²) in [6.45, 7) is 5.06. The minimum absolute atomic E-state index is 0. The van der Waals surface area contributed by atoms with Crippen molar-refractivity contribution in [2.45, 2.75) is 37.6 Å². The van der Waals surface area contributed by atoms with Crippen LogP contribution in [0.1, 0.15) is 24.2 Å². The van der Waals surface area contributed by atoms with Crippen molar-refractivity contribution in [3.63, 3.8) is 0 Å². The third-order valence-corrected chi connectivity index (χ3v) is 4.73. The van der Waals surface area contributed by atoms with Crippen LogP contribution in [0.25, 0.3) is 0 Å². The maximum absolute atomic E-state index is 12.2. The van der Waals surface area contributed by atoms with Gasteiger partial charge >= 0.3 is 0 Å². The average Bonchev–Trinajstić information content (AvgIpc) is 2.59. The van der Waals surface area contributed by atoms with Gasteiger partial charge in [-0.05, 0) is 33.2 Å². The highest BCUT2D eigenvalue weighted by Crippen LogP contribution is 2.17. The Kier molecular flexibility index (Phi) is 5.15. The first kappa shape index (κ1) is 15.4.